The van der Waals surface area contributed by atoms with E-state index >= 15 is 0 Å². The average Bonchev–Trinajstić information content (AvgIpc) is 3.46. The Morgan fingerprint density at radius 3 is 2.82 bits per heavy atom. The number of aromatic nitrogens is 1. The number of rotatable bonds is 6. The van der Waals surface area contributed by atoms with Crippen LogP contribution in [0.25, 0.3) is 0 Å². The fourth-order valence-electron chi connectivity index (χ4n) is 3.85. The van der Waals surface area contributed by atoms with Crippen molar-refractivity contribution in [3.63, 3.8) is 0 Å². The molecule has 10 nitrogen and oxygen atoms in total. The van der Waals surface area contributed by atoms with Gasteiger partial charge in [0.1, 0.15) is 23.8 Å². The van der Waals surface area contributed by atoms with Gasteiger partial charge in [-0.25, -0.2) is 14.0 Å². The molecule has 11 heteroatoms. The first kappa shape index (κ1) is 22.7. The number of alkyl carbamates (subject to hydrolysis) is 1. The van der Waals surface area contributed by atoms with E-state index in [2.05, 4.69) is 15.8 Å². The topological polar surface area (TPSA) is 109 Å². The summed E-state index contributed by atoms with van der Waals surface area (Å²) in [6.07, 6.45) is 0.701. The molecule has 0 bridgehead atoms. The van der Waals surface area contributed by atoms with Gasteiger partial charge in [0.2, 0.25) is 0 Å². The van der Waals surface area contributed by atoms with Crippen LogP contribution in [0.3, 0.4) is 0 Å². The number of benzene rings is 1. The van der Waals surface area contributed by atoms with Crippen LogP contribution >= 0.6 is 0 Å². The summed E-state index contributed by atoms with van der Waals surface area (Å²) in [5.41, 5.74) is 0.267. The van der Waals surface area contributed by atoms with E-state index in [1.54, 1.807) is 39.0 Å². The van der Waals surface area contributed by atoms with Gasteiger partial charge >= 0.3 is 12.2 Å². The molecule has 1 aromatic heterocycles. The van der Waals surface area contributed by atoms with Gasteiger partial charge in [0.05, 0.1) is 30.5 Å². The molecule has 3 heterocycles. The van der Waals surface area contributed by atoms with Crippen LogP contribution in [0.15, 0.2) is 35.1 Å². The number of carbonyl (C=O) groups is 2. The van der Waals surface area contributed by atoms with Gasteiger partial charge in [0, 0.05) is 19.2 Å². The number of nitrogens with zero attached hydrogens (tertiary/aromatic N) is 3. The van der Waals surface area contributed by atoms with Gasteiger partial charge in [-0.3, -0.25) is 4.90 Å². The van der Waals surface area contributed by atoms with Gasteiger partial charge in [-0.15, -0.1) is 0 Å². The first-order valence-corrected chi connectivity index (χ1v) is 10.8. The molecule has 178 valence electrons. The smallest absolute Gasteiger partial charge is 0.414 e. The highest BCUT2D eigenvalue weighted by atomic mass is 19.1. The van der Waals surface area contributed by atoms with E-state index < -0.39 is 29.7 Å². The maximum absolute atomic E-state index is 15.0. The van der Waals surface area contributed by atoms with E-state index in [0.717, 1.165) is 0 Å². The van der Waals surface area contributed by atoms with Gasteiger partial charge in [0.15, 0.2) is 5.82 Å². The third-order valence-corrected chi connectivity index (χ3v) is 5.32. The molecule has 2 amide bonds. The molecule has 0 aliphatic carbocycles. The zero-order valence-corrected chi connectivity index (χ0v) is 18.8. The molecule has 1 aromatic carbocycles. The Morgan fingerprint density at radius 1 is 1.30 bits per heavy atom. The van der Waals surface area contributed by atoms with E-state index in [-0.39, 0.29) is 12.6 Å². The molecule has 2 N–H and O–H groups in total. The van der Waals surface area contributed by atoms with Crippen molar-refractivity contribution >= 4 is 29.4 Å². The third kappa shape index (κ3) is 5.65. The van der Waals surface area contributed by atoms with Crippen LogP contribution in [0.2, 0.25) is 0 Å². The Labute approximate surface area is 191 Å². The first-order chi connectivity index (χ1) is 15.7. The van der Waals surface area contributed by atoms with Crippen molar-refractivity contribution in [2.75, 3.05) is 41.3 Å². The number of nitrogens with one attached hydrogen (secondary N) is 2. The van der Waals surface area contributed by atoms with Gasteiger partial charge in [-0.05, 0) is 45.4 Å². The molecule has 2 aliphatic rings. The number of ether oxygens (including phenoxy) is 2. The summed E-state index contributed by atoms with van der Waals surface area (Å²) in [6, 6.07) is 6.20. The Balaban J connectivity index is 1.33. The molecule has 33 heavy (non-hydrogen) atoms. The molecule has 2 atom stereocenters. The Morgan fingerprint density at radius 2 is 2.12 bits per heavy atom. The molecular formula is C22H28FN5O5. The number of halogens is 1. The fourth-order valence-corrected chi connectivity index (χ4v) is 3.85. The molecular weight excluding hydrogens is 433 g/mol. The average molecular weight is 461 g/mol. The second kappa shape index (κ2) is 9.16. The van der Waals surface area contributed by atoms with Crippen molar-refractivity contribution in [3.05, 3.63) is 36.3 Å². The second-order valence-electron chi connectivity index (χ2n) is 9.10. The first-order valence-electron chi connectivity index (χ1n) is 10.8. The number of hydrogen-bond donors (Lipinski definition) is 2. The van der Waals surface area contributed by atoms with Gasteiger partial charge in [-0.2, -0.15) is 0 Å². The monoisotopic (exact) mass is 461 g/mol. The van der Waals surface area contributed by atoms with Crippen molar-refractivity contribution in [2.24, 2.45) is 0 Å². The van der Waals surface area contributed by atoms with Crippen LogP contribution in [-0.2, 0) is 9.47 Å². The lowest BCUT2D eigenvalue weighted by Crippen LogP contribution is -2.40. The number of anilines is 3. The highest BCUT2D eigenvalue weighted by Crippen LogP contribution is 2.30. The summed E-state index contributed by atoms with van der Waals surface area (Å²) in [5.74, 6) is 0.104. The molecule has 0 radical (unpaired) electrons. The number of hydrogen-bond acceptors (Lipinski definition) is 8. The normalized spacial score (nSPS) is 20.7. The summed E-state index contributed by atoms with van der Waals surface area (Å²) in [5, 5.41) is 9.60. The molecule has 2 saturated heterocycles. The standard InChI is InChI=1S/C22H28FN5O5/c1-22(2,3)33-20(29)25-14-6-8-27(12-14)18-5-4-15(10-17(18)23)28-13-16(32-21(28)30)11-24-19-7-9-31-26-19/h4-5,7,9-10,14,16H,6,8,11-13H2,1-3H3,(H,24,26)(H,25,29)/t14-,16-/m0/s1. The summed E-state index contributed by atoms with van der Waals surface area (Å²) in [6.45, 7) is 7.11. The predicted octanol–water partition coefficient (Wildman–Crippen LogP) is 3.35. The molecule has 2 aliphatic heterocycles. The van der Waals surface area contributed by atoms with Crippen LogP contribution in [0, 0.1) is 5.82 Å². The van der Waals surface area contributed by atoms with Gasteiger partial charge in [0.25, 0.3) is 0 Å². The maximum Gasteiger partial charge on any atom is 0.414 e. The van der Waals surface area contributed by atoms with E-state index in [0.29, 0.717) is 43.2 Å². The quantitative estimate of drug-likeness (QED) is 0.674. The van der Waals surface area contributed by atoms with E-state index in [9.17, 15) is 14.0 Å². The van der Waals surface area contributed by atoms with E-state index in [1.807, 2.05) is 4.90 Å². The van der Waals surface area contributed by atoms with Crippen molar-refractivity contribution in [1.82, 2.24) is 10.5 Å². The van der Waals surface area contributed by atoms with Gasteiger partial charge in [-0.1, -0.05) is 5.16 Å². The van der Waals surface area contributed by atoms with E-state index in [1.165, 1.54) is 17.2 Å². The summed E-state index contributed by atoms with van der Waals surface area (Å²) in [7, 11) is 0. The minimum absolute atomic E-state index is 0.134. The largest absolute Gasteiger partial charge is 0.444 e. The van der Waals surface area contributed by atoms with Crippen LogP contribution in [0.5, 0.6) is 0 Å². The number of amides is 2. The Kier molecular flexibility index (Phi) is 6.30. The summed E-state index contributed by atoms with van der Waals surface area (Å²) in [4.78, 5) is 27.6. The minimum Gasteiger partial charge on any atom is -0.444 e. The maximum atomic E-state index is 15.0. The van der Waals surface area contributed by atoms with Crippen LogP contribution in [-0.4, -0.2) is 61.3 Å². The molecule has 4 rings (SSSR count). The highest BCUT2D eigenvalue weighted by molar-refractivity contribution is 5.90. The number of cyclic esters (lactones) is 1. The van der Waals surface area contributed by atoms with Crippen molar-refractivity contribution in [1.29, 1.82) is 0 Å². The SMILES string of the molecule is CC(C)(C)OC(=O)N[C@H]1CCN(c2ccc(N3C[C@H](CNc4ccon4)OC3=O)cc2F)C1. The molecule has 0 spiro atoms. The lowest BCUT2D eigenvalue weighted by atomic mass is 10.2. The molecule has 2 aromatic rings. The van der Waals surface area contributed by atoms with Crippen molar-refractivity contribution in [3.8, 4) is 0 Å². The zero-order chi connectivity index (χ0) is 23.6. The summed E-state index contributed by atoms with van der Waals surface area (Å²) >= 11 is 0. The zero-order valence-electron chi connectivity index (χ0n) is 18.8. The molecule has 2 fully saturated rings. The van der Waals surface area contributed by atoms with Crippen LogP contribution < -0.4 is 20.4 Å². The third-order valence-electron chi connectivity index (χ3n) is 5.32. The van der Waals surface area contributed by atoms with E-state index in [4.69, 9.17) is 14.0 Å². The lowest BCUT2D eigenvalue weighted by Gasteiger charge is -2.23. The second-order valence-corrected chi connectivity index (χ2v) is 9.10. The molecule has 0 unspecified atom stereocenters. The predicted molar refractivity (Wildman–Crippen MR) is 119 cm³/mol. The van der Waals surface area contributed by atoms with Crippen molar-refractivity contribution in [2.45, 2.75) is 44.9 Å². The van der Waals surface area contributed by atoms with Crippen LogP contribution in [0.1, 0.15) is 27.2 Å². The van der Waals surface area contributed by atoms with Crippen LogP contribution in [0.4, 0.5) is 31.2 Å². The summed E-state index contributed by atoms with van der Waals surface area (Å²) < 4.78 is 30.4. The number of carbonyl (C=O) groups excluding carboxylic acids is 2. The lowest BCUT2D eigenvalue weighted by molar-refractivity contribution is 0.0509. The van der Waals surface area contributed by atoms with Crippen molar-refractivity contribution < 1.29 is 28.0 Å². The minimum atomic E-state index is -0.577. The molecule has 0 saturated carbocycles. The Bertz CT molecular complexity index is 994. The highest BCUT2D eigenvalue weighted by Gasteiger charge is 2.33. The Hall–Kier alpha value is -3.50. The van der Waals surface area contributed by atoms with Gasteiger partial charge < -0.3 is 29.5 Å². The fraction of sp³-hybridized carbons (Fsp3) is 0.500.